The molecule has 1 amide bonds. The van der Waals surface area contributed by atoms with E-state index in [2.05, 4.69) is 26.1 Å². The van der Waals surface area contributed by atoms with Gasteiger partial charge in [-0.15, -0.1) is 0 Å². The van der Waals surface area contributed by atoms with Crippen LogP contribution in [0.1, 0.15) is 40.5 Å². The summed E-state index contributed by atoms with van der Waals surface area (Å²) in [6.07, 6.45) is -0.0112. The summed E-state index contributed by atoms with van der Waals surface area (Å²) in [5.74, 6) is 0.000301. The van der Waals surface area contributed by atoms with Crippen molar-refractivity contribution in [2.75, 3.05) is 6.54 Å². The van der Waals surface area contributed by atoms with Crippen molar-refractivity contribution in [1.29, 1.82) is 0 Å². The minimum atomic E-state index is -1.03. The van der Waals surface area contributed by atoms with Gasteiger partial charge in [-0.3, -0.25) is 0 Å². The van der Waals surface area contributed by atoms with E-state index in [1.807, 2.05) is 6.92 Å². The van der Waals surface area contributed by atoms with E-state index >= 15 is 0 Å². The lowest BCUT2D eigenvalue weighted by molar-refractivity contribution is 0.0639. The molecule has 4 nitrogen and oxygen atoms in total. The van der Waals surface area contributed by atoms with Crippen LogP contribution in [-0.4, -0.2) is 29.0 Å². The lowest BCUT2D eigenvalue weighted by Crippen LogP contribution is -2.35. The third-order valence-electron chi connectivity index (χ3n) is 2.41. The summed E-state index contributed by atoms with van der Waals surface area (Å²) < 4.78 is 0. The Morgan fingerprint density at radius 1 is 1.40 bits per heavy atom. The molecule has 15 heavy (non-hydrogen) atoms. The first kappa shape index (κ1) is 14.2. The fourth-order valence-corrected chi connectivity index (χ4v) is 1.56. The summed E-state index contributed by atoms with van der Waals surface area (Å²) >= 11 is 0. The molecule has 0 aromatic carbocycles. The van der Waals surface area contributed by atoms with E-state index in [1.165, 1.54) is 0 Å². The van der Waals surface area contributed by atoms with Gasteiger partial charge in [0.2, 0.25) is 0 Å². The molecule has 1 unspecified atom stereocenters. The number of aliphatic hydroxyl groups is 1. The number of carboxylic acid groups (broad SMARTS) is 1. The van der Waals surface area contributed by atoms with Crippen LogP contribution >= 0.6 is 0 Å². The zero-order valence-corrected chi connectivity index (χ0v) is 10.1. The molecular weight excluding hydrogens is 194 g/mol. The average molecular weight is 217 g/mol. The predicted molar refractivity (Wildman–Crippen MR) is 59.9 cm³/mol. The zero-order chi connectivity index (χ0) is 12.1. The molecule has 0 radical (unpaired) electrons. The van der Waals surface area contributed by atoms with Gasteiger partial charge in [0.05, 0.1) is 6.10 Å². The van der Waals surface area contributed by atoms with Crippen LogP contribution in [0.5, 0.6) is 0 Å². The standard InChI is InChI=1S/C11H23NO3/c1-5-8(7-12-10(14)15)9(13)6-11(2,3)4/h8-9,12-13H,5-7H2,1-4H3,(H,14,15)/t8-,9?/m1/s1. The number of aliphatic hydroxyl groups excluding tert-OH is 1. The summed E-state index contributed by atoms with van der Waals surface area (Å²) in [6.45, 7) is 8.47. The predicted octanol–water partition coefficient (Wildman–Crippen LogP) is 2.08. The van der Waals surface area contributed by atoms with Gasteiger partial charge in [0.25, 0.3) is 0 Å². The average Bonchev–Trinajstić information content (AvgIpc) is 2.01. The molecule has 0 saturated carbocycles. The molecule has 0 saturated heterocycles. The lowest BCUT2D eigenvalue weighted by atomic mass is 9.84. The summed E-state index contributed by atoms with van der Waals surface area (Å²) in [5, 5.41) is 20.7. The lowest BCUT2D eigenvalue weighted by Gasteiger charge is -2.27. The quantitative estimate of drug-likeness (QED) is 0.660. The van der Waals surface area contributed by atoms with Crippen molar-refractivity contribution in [3.8, 4) is 0 Å². The SMILES string of the molecule is CC[C@H](CNC(=O)O)C(O)CC(C)(C)C. The van der Waals surface area contributed by atoms with E-state index in [0.717, 1.165) is 6.42 Å². The second kappa shape index (κ2) is 5.95. The maximum Gasteiger partial charge on any atom is 0.404 e. The van der Waals surface area contributed by atoms with Crippen LogP contribution in [0.4, 0.5) is 4.79 Å². The molecule has 0 aromatic rings. The van der Waals surface area contributed by atoms with E-state index in [-0.39, 0.29) is 11.3 Å². The second-order valence-electron chi connectivity index (χ2n) is 5.19. The number of hydrogen-bond acceptors (Lipinski definition) is 2. The van der Waals surface area contributed by atoms with Crippen molar-refractivity contribution in [2.45, 2.75) is 46.6 Å². The Labute approximate surface area is 91.7 Å². The van der Waals surface area contributed by atoms with E-state index in [1.54, 1.807) is 0 Å². The number of carbonyl (C=O) groups is 1. The molecule has 2 atom stereocenters. The Hall–Kier alpha value is -0.770. The fourth-order valence-electron chi connectivity index (χ4n) is 1.56. The van der Waals surface area contributed by atoms with Crippen LogP contribution in [0.15, 0.2) is 0 Å². The van der Waals surface area contributed by atoms with Crippen molar-refractivity contribution in [1.82, 2.24) is 5.32 Å². The fraction of sp³-hybridized carbons (Fsp3) is 0.909. The van der Waals surface area contributed by atoms with E-state index in [9.17, 15) is 9.90 Å². The molecule has 0 aliphatic heterocycles. The largest absolute Gasteiger partial charge is 0.465 e. The van der Waals surface area contributed by atoms with Gasteiger partial charge in [-0.25, -0.2) is 4.79 Å². The van der Waals surface area contributed by atoms with Gasteiger partial charge in [0, 0.05) is 12.5 Å². The molecule has 0 spiro atoms. The van der Waals surface area contributed by atoms with Crippen LogP contribution in [0.25, 0.3) is 0 Å². The van der Waals surface area contributed by atoms with Gasteiger partial charge < -0.3 is 15.5 Å². The molecule has 3 N–H and O–H groups in total. The highest BCUT2D eigenvalue weighted by Crippen LogP contribution is 2.25. The number of nitrogens with one attached hydrogen (secondary N) is 1. The first-order valence-corrected chi connectivity index (χ1v) is 5.41. The Kier molecular flexibility index (Phi) is 5.65. The summed E-state index contributed by atoms with van der Waals surface area (Å²) in [6, 6.07) is 0. The Morgan fingerprint density at radius 3 is 2.27 bits per heavy atom. The monoisotopic (exact) mass is 217 g/mol. The highest BCUT2D eigenvalue weighted by atomic mass is 16.4. The first-order valence-electron chi connectivity index (χ1n) is 5.41. The third-order valence-corrected chi connectivity index (χ3v) is 2.41. The second-order valence-corrected chi connectivity index (χ2v) is 5.19. The van der Waals surface area contributed by atoms with Crippen LogP contribution in [0, 0.1) is 11.3 Å². The third kappa shape index (κ3) is 7.19. The maximum atomic E-state index is 10.3. The van der Waals surface area contributed by atoms with E-state index < -0.39 is 12.2 Å². The molecule has 0 bridgehead atoms. The maximum absolute atomic E-state index is 10.3. The molecule has 4 heteroatoms. The van der Waals surface area contributed by atoms with Crippen molar-refractivity contribution >= 4 is 6.09 Å². The van der Waals surface area contributed by atoms with Gasteiger partial charge >= 0.3 is 6.09 Å². The molecule has 0 aromatic heterocycles. The Morgan fingerprint density at radius 2 is 1.93 bits per heavy atom. The molecule has 90 valence electrons. The minimum Gasteiger partial charge on any atom is -0.465 e. The molecule has 0 aliphatic rings. The van der Waals surface area contributed by atoms with Crippen LogP contribution in [-0.2, 0) is 0 Å². The first-order chi connectivity index (χ1) is 6.76. The van der Waals surface area contributed by atoms with Crippen molar-refractivity contribution < 1.29 is 15.0 Å². The normalized spacial score (nSPS) is 15.8. The van der Waals surface area contributed by atoms with Crippen molar-refractivity contribution in [3.05, 3.63) is 0 Å². The Bertz CT molecular complexity index is 198. The highest BCUT2D eigenvalue weighted by Gasteiger charge is 2.23. The topological polar surface area (TPSA) is 69.6 Å². The van der Waals surface area contributed by atoms with Gasteiger partial charge in [0.15, 0.2) is 0 Å². The van der Waals surface area contributed by atoms with Gasteiger partial charge in [-0.1, -0.05) is 27.7 Å². The number of hydrogen-bond donors (Lipinski definition) is 3. The molecule has 0 aliphatic carbocycles. The molecule has 0 fully saturated rings. The highest BCUT2D eigenvalue weighted by molar-refractivity contribution is 5.64. The Balaban J connectivity index is 4.10. The number of amides is 1. The van der Waals surface area contributed by atoms with Gasteiger partial charge in [-0.05, 0) is 18.3 Å². The molecule has 0 heterocycles. The summed E-state index contributed by atoms with van der Waals surface area (Å²) in [7, 11) is 0. The zero-order valence-electron chi connectivity index (χ0n) is 10.1. The smallest absolute Gasteiger partial charge is 0.404 e. The molecule has 0 rings (SSSR count). The minimum absolute atomic E-state index is 0.000301. The van der Waals surface area contributed by atoms with Crippen molar-refractivity contribution in [3.63, 3.8) is 0 Å². The summed E-state index contributed by atoms with van der Waals surface area (Å²) in [4.78, 5) is 10.3. The van der Waals surface area contributed by atoms with Crippen molar-refractivity contribution in [2.24, 2.45) is 11.3 Å². The summed E-state index contributed by atoms with van der Waals surface area (Å²) in [5.41, 5.74) is 0.0655. The number of rotatable bonds is 5. The van der Waals surface area contributed by atoms with Crippen LogP contribution < -0.4 is 5.32 Å². The van der Waals surface area contributed by atoms with E-state index in [4.69, 9.17) is 5.11 Å². The molecular formula is C11H23NO3. The van der Waals surface area contributed by atoms with Gasteiger partial charge in [-0.2, -0.15) is 0 Å². The van der Waals surface area contributed by atoms with Gasteiger partial charge in [0.1, 0.15) is 0 Å². The van der Waals surface area contributed by atoms with E-state index in [0.29, 0.717) is 13.0 Å². The van der Waals surface area contributed by atoms with Crippen LogP contribution in [0.2, 0.25) is 0 Å². The van der Waals surface area contributed by atoms with Crippen LogP contribution in [0.3, 0.4) is 0 Å².